The Bertz CT molecular complexity index is 838. The van der Waals surface area contributed by atoms with Gasteiger partial charge in [-0.2, -0.15) is 0 Å². The van der Waals surface area contributed by atoms with Crippen LogP contribution in [-0.2, 0) is 23.8 Å². The number of piperidine rings is 1. The monoisotopic (exact) mass is 512 g/mol. The van der Waals surface area contributed by atoms with Crippen LogP contribution in [-0.4, -0.2) is 109 Å². The Morgan fingerprint density at radius 1 is 1.17 bits per heavy atom. The molecule has 0 saturated carbocycles. The van der Waals surface area contributed by atoms with E-state index < -0.39 is 41.9 Å². The molecule has 12 nitrogen and oxygen atoms in total. The van der Waals surface area contributed by atoms with Crippen LogP contribution in [0.2, 0.25) is 0 Å². The number of aliphatic carboxylic acids is 1. The zero-order valence-corrected chi connectivity index (χ0v) is 22.0. The quantitative estimate of drug-likeness (QED) is 0.410. The number of nitrogens with zero attached hydrogens (tertiary/aromatic N) is 2. The molecule has 204 valence electrons. The maximum Gasteiger partial charge on any atom is 0.409 e. The molecule has 2 rings (SSSR count). The fraction of sp³-hybridized carbons (Fsp3) is 0.750. The molecule has 0 unspecified atom stereocenters. The van der Waals surface area contributed by atoms with Crippen molar-refractivity contribution in [3.63, 3.8) is 0 Å². The molecule has 0 spiro atoms. The van der Waals surface area contributed by atoms with Crippen LogP contribution in [0, 0.1) is 0 Å². The fourth-order valence-electron chi connectivity index (χ4n) is 4.34. The minimum atomic E-state index is -1.08. The van der Waals surface area contributed by atoms with Crippen molar-refractivity contribution in [3.05, 3.63) is 11.6 Å². The van der Waals surface area contributed by atoms with Gasteiger partial charge in [0.1, 0.15) is 12.2 Å². The van der Waals surface area contributed by atoms with Gasteiger partial charge in [0.25, 0.3) is 0 Å². The van der Waals surface area contributed by atoms with Gasteiger partial charge in [-0.3, -0.25) is 9.69 Å². The van der Waals surface area contributed by atoms with Crippen LogP contribution >= 0.6 is 0 Å². The second-order valence-corrected chi connectivity index (χ2v) is 10.3. The SMILES string of the molecule is CC(=O)N[C@H]1[C@@H](NC(=O)OC(C)(C)C)CC(C(=O)O)=C[C@H]1N1CCC[C@H](OCCOC(=O)N(C)C)C1. The van der Waals surface area contributed by atoms with Crippen LogP contribution in [0.15, 0.2) is 11.6 Å². The predicted octanol–water partition coefficient (Wildman–Crippen LogP) is 1.35. The van der Waals surface area contributed by atoms with Crippen LogP contribution in [0.1, 0.15) is 47.0 Å². The number of nitrogens with one attached hydrogen (secondary N) is 2. The summed E-state index contributed by atoms with van der Waals surface area (Å²) in [5.41, 5.74) is -0.577. The number of carbonyl (C=O) groups is 4. The van der Waals surface area contributed by atoms with E-state index in [1.807, 2.05) is 0 Å². The Morgan fingerprint density at radius 2 is 1.86 bits per heavy atom. The highest BCUT2D eigenvalue weighted by atomic mass is 16.6. The smallest absolute Gasteiger partial charge is 0.409 e. The molecule has 1 aliphatic carbocycles. The minimum Gasteiger partial charge on any atom is -0.478 e. The molecule has 1 heterocycles. The standard InChI is InChI=1S/C24H40N4O8/c1-15(29)25-20-18(26-22(32)36-24(2,3)4)12-16(21(30)31)13-19(20)28-9-7-8-17(14-28)34-10-11-35-23(33)27(5)6/h13,17-20H,7-12,14H2,1-6H3,(H,25,29)(H,26,32)(H,30,31)/t17-,18-,19+,20-/m0/s1. The number of carboxylic acids is 1. The number of ether oxygens (including phenoxy) is 3. The fourth-order valence-corrected chi connectivity index (χ4v) is 4.34. The summed E-state index contributed by atoms with van der Waals surface area (Å²) < 4.78 is 16.4. The number of likely N-dealkylation sites (tertiary alicyclic amines) is 1. The summed E-state index contributed by atoms with van der Waals surface area (Å²) in [6, 6.07) is -1.74. The highest BCUT2D eigenvalue weighted by molar-refractivity contribution is 5.87. The van der Waals surface area contributed by atoms with E-state index in [2.05, 4.69) is 15.5 Å². The normalized spacial score (nSPS) is 24.8. The van der Waals surface area contributed by atoms with Crippen molar-refractivity contribution in [2.24, 2.45) is 0 Å². The van der Waals surface area contributed by atoms with Crippen molar-refractivity contribution in [1.29, 1.82) is 0 Å². The molecule has 1 fully saturated rings. The molecule has 1 aliphatic heterocycles. The summed E-state index contributed by atoms with van der Waals surface area (Å²) in [6.45, 7) is 8.10. The summed E-state index contributed by atoms with van der Waals surface area (Å²) in [4.78, 5) is 51.5. The Balaban J connectivity index is 2.15. The molecule has 36 heavy (non-hydrogen) atoms. The van der Waals surface area contributed by atoms with E-state index in [1.165, 1.54) is 11.8 Å². The largest absolute Gasteiger partial charge is 0.478 e. The van der Waals surface area contributed by atoms with Crippen molar-refractivity contribution in [2.45, 2.75) is 76.8 Å². The van der Waals surface area contributed by atoms with Gasteiger partial charge >= 0.3 is 18.2 Å². The van der Waals surface area contributed by atoms with Gasteiger partial charge in [-0.25, -0.2) is 14.4 Å². The van der Waals surface area contributed by atoms with Crippen LogP contribution in [0.3, 0.4) is 0 Å². The van der Waals surface area contributed by atoms with Gasteiger partial charge in [0, 0.05) is 39.6 Å². The van der Waals surface area contributed by atoms with Gasteiger partial charge < -0.3 is 34.9 Å². The van der Waals surface area contributed by atoms with Crippen molar-refractivity contribution in [3.8, 4) is 0 Å². The van der Waals surface area contributed by atoms with Crippen molar-refractivity contribution in [1.82, 2.24) is 20.4 Å². The van der Waals surface area contributed by atoms with E-state index in [4.69, 9.17) is 14.2 Å². The van der Waals surface area contributed by atoms with Crippen molar-refractivity contribution >= 4 is 24.1 Å². The molecular formula is C24H40N4O8. The second-order valence-electron chi connectivity index (χ2n) is 10.3. The molecule has 0 aromatic rings. The molecule has 3 amide bonds. The van der Waals surface area contributed by atoms with Gasteiger partial charge in [-0.15, -0.1) is 0 Å². The summed E-state index contributed by atoms with van der Waals surface area (Å²) >= 11 is 0. The molecule has 3 N–H and O–H groups in total. The molecule has 0 aromatic carbocycles. The third-order valence-electron chi connectivity index (χ3n) is 5.82. The minimum absolute atomic E-state index is 0.0427. The van der Waals surface area contributed by atoms with E-state index in [-0.39, 0.29) is 37.2 Å². The first-order valence-electron chi connectivity index (χ1n) is 12.2. The van der Waals surface area contributed by atoms with E-state index in [1.54, 1.807) is 40.9 Å². The van der Waals surface area contributed by atoms with Gasteiger partial charge in [0.05, 0.1) is 30.8 Å². The molecule has 12 heteroatoms. The Morgan fingerprint density at radius 3 is 2.44 bits per heavy atom. The molecule has 0 bridgehead atoms. The van der Waals surface area contributed by atoms with Gasteiger partial charge in [0.15, 0.2) is 0 Å². The lowest BCUT2D eigenvalue weighted by atomic mass is 9.84. The van der Waals surface area contributed by atoms with Crippen LogP contribution in [0.5, 0.6) is 0 Å². The van der Waals surface area contributed by atoms with E-state index in [0.717, 1.165) is 12.8 Å². The molecule has 0 radical (unpaired) electrons. The third kappa shape index (κ3) is 9.30. The number of rotatable bonds is 8. The van der Waals surface area contributed by atoms with E-state index in [9.17, 15) is 24.3 Å². The molecule has 2 aliphatic rings. The topological polar surface area (TPSA) is 147 Å². The van der Waals surface area contributed by atoms with E-state index in [0.29, 0.717) is 13.1 Å². The van der Waals surface area contributed by atoms with Crippen LogP contribution < -0.4 is 10.6 Å². The van der Waals surface area contributed by atoms with Crippen LogP contribution in [0.25, 0.3) is 0 Å². The van der Waals surface area contributed by atoms with Crippen molar-refractivity contribution in [2.75, 3.05) is 40.4 Å². The van der Waals surface area contributed by atoms with Gasteiger partial charge in [-0.1, -0.05) is 6.08 Å². The number of amides is 3. The number of hydrogen-bond acceptors (Lipinski definition) is 8. The van der Waals surface area contributed by atoms with Crippen LogP contribution in [0.4, 0.5) is 9.59 Å². The molecule has 1 saturated heterocycles. The zero-order chi connectivity index (χ0) is 27.0. The predicted molar refractivity (Wildman–Crippen MR) is 130 cm³/mol. The third-order valence-corrected chi connectivity index (χ3v) is 5.82. The molecule has 0 aromatic heterocycles. The zero-order valence-electron chi connectivity index (χ0n) is 22.0. The van der Waals surface area contributed by atoms with Gasteiger partial charge in [0.2, 0.25) is 5.91 Å². The average molecular weight is 513 g/mol. The lowest BCUT2D eigenvalue weighted by Crippen LogP contribution is -2.64. The maximum absolute atomic E-state index is 12.5. The van der Waals surface area contributed by atoms with E-state index >= 15 is 0 Å². The highest BCUT2D eigenvalue weighted by Crippen LogP contribution is 2.27. The Hall–Kier alpha value is -2.86. The number of carboxylic acid groups (broad SMARTS) is 1. The summed E-state index contributed by atoms with van der Waals surface area (Å²) in [5.74, 6) is -1.37. The number of carbonyl (C=O) groups excluding carboxylic acids is 3. The first-order chi connectivity index (χ1) is 16.8. The molecule has 4 atom stereocenters. The summed E-state index contributed by atoms with van der Waals surface area (Å²) in [7, 11) is 3.20. The maximum atomic E-state index is 12.5. The lowest BCUT2D eigenvalue weighted by Gasteiger charge is -2.45. The highest BCUT2D eigenvalue weighted by Gasteiger charge is 2.41. The average Bonchev–Trinajstić information content (AvgIpc) is 2.75. The first kappa shape index (κ1) is 29.4. The summed E-state index contributed by atoms with van der Waals surface area (Å²) in [6.07, 6.45) is 2.00. The summed E-state index contributed by atoms with van der Waals surface area (Å²) in [5, 5.41) is 15.4. The Kier molecular flexibility index (Phi) is 10.5. The second kappa shape index (κ2) is 12.9. The van der Waals surface area contributed by atoms with Crippen molar-refractivity contribution < 1.29 is 38.5 Å². The molecular weight excluding hydrogens is 472 g/mol. The lowest BCUT2D eigenvalue weighted by molar-refractivity contribution is -0.133. The van der Waals surface area contributed by atoms with Gasteiger partial charge in [-0.05, 0) is 40.2 Å². The number of alkyl carbamates (subject to hydrolysis) is 1. The number of hydrogen-bond donors (Lipinski definition) is 3. The Labute approximate surface area is 212 Å². The first-order valence-corrected chi connectivity index (χ1v) is 12.2.